The average molecular weight is 169 g/mol. The van der Waals surface area contributed by atoms with Crippen LogP contribution in [0.25, 0.3) is 0 Å². The van der Waals surface area contributed by atoms with Crippen molar-refractivity contribution in [3.8, 4) is 0 Å². The smallest absolute Gasteiger partial charge is 0.152 e. The van der Waals surface area contributed by atoms with E-state index < -0.39 is 0 Å². The molecule has 0 radical (unpaired) electrons. The molecule has 2 atom stereocenters. The monoisotopic (exact) mass is 169 g/mol. The van der Waals surface area contributed by atoms with E-state index in [1.807, 2.05) is 0 Å². The Morgan fingerprint density at radius 1 is 1.58 bits per heavy atom. The van der Waals surface area contributed by atoms with Gasteiger partial charge in [-0.1, -0.05) is 13.8 Å². The summed E-state index contributed by atoms with van der Waals surface area (Å²) in [5, 5.41) is 0. The Morgan fingerprint density at radius 2 is 2.17 bits per heavy atom. The third-order valence-corrected chi connectivity index (χ3v) is 2.82. The van der Waals surface area contributed by atoms with Crippen LogP contribution >= 0.6 is 0 Å². The lowest BCUT2D eigenvalue weighted by Crippen LogP contribution is -2.32. The number of carbonyl (C=O) groups is 1. The lowest BCUT2D eigenvalue weighted by Gasteiger charge is -2.17. The second-order valence-corrected chi connectivity index (χ2v) is 4.79. The van der Waals surface area contributed by atoms with E-state index in [0.717, 1.165) is 19.3 Å². The molecule has 0 saturated heterocycles. The molecule has 1 rings (SSSR count). The molecule has 12 heavy (non-hydrogen) atoms. The van der Waals surface area contributed by atoms with Crippen LogP contribution in [0.5, 0.6) is 0 Å². The highest BCUT2D eigenvalue weighted by Crippen LogP contribution is 2.41. The average Bonchev–Trinajstić information content (AvgIpc) is 2.28. The maximum Gasteiger partial charge on any atom is 0.152 e. The van der Waals surface area contributed by atoms with Gasteiger partial charge in [0.2, 0.25) is 0 Å². The number of carbonyl (C=O) groups excluding carboxylic acids is 1. The summed E-state index contributed by atoms with van der Waals surface area (Å²) in [6.07, 6.45) is 3.22. The lowest BCUT2D eigenvalue weighted by atomic mass is 9.89. The summed E-state index contributed by atoms with van der Waals surface area (Å²) in [4.78, 5) is 11.5. The van der Waals surface area contributed by atoms with Crippen LogP contribution in [0.15, 0.2) is 0 Å². The van der Waals surface area contributed by atoms with Gasteiger partial charge >= 0.3 is 0 Å². The molecular formula is C10H19NO. The summed E-state index contributed by atoms with van der Waals surface area (Å²) in [6, 6.07) is -0.274. The molecule has 0 heterocycles. The first-order valence-corrected chi connectivity index (χ1v) is 4.72. The van der Waals surface area contributed by atoms with Crippen molar-refractivity contribution in [3.63, 3.8) is 0 Å². The van der Waals surface area contributed by atoms with Crippen molar-refractivity contribution in [1.82, 2.24) is 0 Å². The molecule has 1 fully saturated rings. The molecule has 2 heteroatoms. The summed E-state index contributed by atoms with van der Waals surface area (Å²) >= 11 is 0. The van der Waals surface area contributed by atoms with E-state index in [0.29, 0.717) is 5.41 Å². The second-order valence-electron chi connectivity index (χ2n) is 4.79. The standard InChI is InChI=1S/C10H19NO/c1-7(11)9(12)8-4-5-10(2,3)6-8/h7-8H,4-6,11H2,1-3H3. The van der Waals surface area contributed by atoms with E-state index in [4.69, 9.17) is 5.73 Å². The molecule has 0 aliphatic heterocycles. The van der Waals surface area contributed by atoms with Crippen LogP contribution in [0.3, 0.4) is 0 Å². The Morgan fingerprint density at radius 3 is 2.50 bits per heavy atom. The number of Topliss-reactive ketones (excluding diaryl/α,β-unsaturated/α-hetero) is 1. The number of nitrogens with two attached hydrogens (primary N) is 1. The zero-order chi connectivity index (χ0) is 9.35. The third kappa shape index (κ3) is 2.07. The van der Waals surface area contributed by atoms with Gasteiger partial charge in [-0.2, -0.15) is 0 Å². The fourth-order valence-electron chi connectivity index (χ4n) is 2.05. The van der Waals surface area contributed by atoms with Crippen LogP contribution in [0, 0.1) is 11.3 Å². The highest BCUT2D eigenvalue weighted by molar-refractivity contribution is 5.85. The summed E-state index contributed by atoms with van der Waals surface area (Å²) in [5.41, 5.74) is 5.91. The highest BCUT2D eigenvalue weighted by Gasteiger charge is 2.35. The molecule has 0 aromatic carbocycles. The number of hydrogen-bond acceptors (Lipinski definition) is 2. The van der Waals surface area contributed by atoms with E-state index in [2.05, 4.69) is 13.8 Å². The van der Waals surface area contributed by atoms with Gasteiger partial charge in [-0.15, -0.1) is 0 Å². The maximum absolute atomic E-state index is 11.5. The number of hydrogen-bond donors (Lipinski definition) is 1. The first kappa shape index (κ1) is 9.72. The largest absolute Gasteiger partial charge is 0.322 e. The Bertz CT molecular complexity index is 184. The predicted octanol–water partition coefficient (Wildman–Crippen LogP) is 1.73. The van der Waals surface area contributed by atoms with E-state index in [1.54, 1.807) is 6.92 Å². The van der Waals surface area contributed by atoms with Gasteiger partial charge in [-0.3, -0.25) is 4.79 Å². The normalized spacial score (nSPS) is 30.2. The molecule has 0 amide bonds. The van der Waals surface area contributed by atoms with Crippen molar-refractivity contribution < 1.29 is 4.79 Å². The Balaban J connectivity index is 2.53. The molecule has 1 aliphatic rings. The van der Waals surface area contributed by atoms with Crippen LogP contribution < -0.4 is 5.73 Å². The summed E-state index contributed by atoms with van der Waals surface area (Å²) < 4.78 is 0. The van der Waals surface area contributed by atoms with E-state index >= 15 is 0 Å². The maximum atomic E-state index is 11.5. The van der Waals surface area contributed by atoms with Crippen molar-refractivity contribution in [3.05, 3.63) is 0 Å². The van der Waals surface area contributed by atoms with Crippen LogP contribution in [-0.4, -0.2) is 11.8 Å². The Labute approximate surface area is 74.5 Å². The molecule has 2 N–H and O–H groups in total. The topological polar surface area (TPSA) is 43.1 Å². The second kappa shape index (κ2) is 3.17. The minimum atomic E-state index is -0.274. The minimum Gasteiger partial charge on any atom is -0.322 e. The minimum absolute atomic E-state index is 0.236. The van der Waals surface area contributed by atoms with Gasteiger partial charge in [0.05, 0.1) is 6.04 Å². The SMILES string of the molecule is CC(N)C(=O)C1CCC(C)(C)C1. The molecule has 1 saturated carbocycles. The van der Waals surface area contributed by atoms with Gasteiger partial charge < -0.3 is 5.73 Å². The van der Waals surface area contributed by atoms with Gasteiger partial charge in [0, 0.05) is 5.92 Å². The van der Waals surface area contributed by atoms with Crippen LogP contribution in [0.1, 0.15) is 40.0 Å². The zero-order valence-corrected chi connectivity index (χ0v) is 8.26. The van der Waals surface area contributed by atoms with Crippen molar-refractivity contribution in [2.75, 3.05) is 0 Å². The van der Waals surface area contributed by atoms with Crippen molar-refractivity contribution >= 4 is 5.78 Å². The Kier molecular flexibility index (Phi) is 2.57. The third-order valence-electron chi connectivity index (χ3n) is 2.82. The van der Waals surface area contributed by atoms with Crippen molar-refractivity contribution in [2.45, 2.75) is 46.1 Å². The molecular weight excluding hydrogens is 150 g/mol. The lowest BCUT2D eigenvalue weighted by molar-refractivity contribution is -0.123. The first-order chi connectivity index (χ1) is 5.42. The van der Waals surface area contributed by atoms with Crippen molar-refractivity contribution in [2.24, 2.45) is 17.1 Å². The molecule has 0 aromatic rings. The van der Waals surface area contributed by atoms with E-state index in [1.165, 1.54) is 0 Å². The fraction of sp³-hybridized carbons (Fsp3) is 0.900. The summed E-state index contributed by atoms with van der Waals surface area (Å²) in [7, 11) is 0. The molecule has 0 spiro atoms. The molecule has 2 unspecified atom stereocenters. The predicted molar refractivity (Wildman–Crippen MR) is 49.8 cm³/mol. The Hall–Kier alpha value is -0.370. The highest BCUT2D eigenvalue weighted by atomic mass is 16.1. The van der Waals surface area contributed by atoms with Gasteiger partial charge in [-0.25, -0.2) is 0 Å². The van der Waals surface area contributed by atoms with Gasteiger partial charge in [-0.05, 0) is 31.6 Å². The van der Waals surface area contributed by atoms with Gasteiger partial charge in [0.15, 0.2) is 5.78 Å². The zero-order valence-electron chi connectivity index (χ0n) is 8.26. The van der Waals surface area contributed by atoms with Crippen LogP contribution in [-0.2, 0) is 4.79 Å². The molecule has 0 bridgehead atoms. The molecule has 0 aromatic heterocycles. The number of rotatable bonds is 2. The first-order valence-electron chi connectivity index (χ1n) is 4.72. The van der Waals surface area contributed by atoms with E-state index in [9.17, 15) is 4.79 Å². The summed E-state index contributed by atoms with van der Waals surface area (Å²) in [6.45, 7) is 6.23. The van der Waals surface area contributed by atoms with Crippen LogP contribution in [0.4, 0.5) is 0 Å². The van der Waals surface area contributed by atoms with E-state index in [-0.39, 0.29) is 17.7 Å². The molecule has 2 nitrogen and oxygen atoms in total. The number of ketones is 1. The van der Waals surface area contributed by atoms with Crippen LogP contribution in [0.2, 0.25) is 0 Å². The summed E-state index contributed by atoms with van der Waals surface area (Å²) in [5.74, 6) is 0.487. The molecule has 70 valence electrons. The van der Waals surface area contributed by atoms with Gasteiger partial charge in [0.25, 0.3) is 0 Å². The fourth-order valence-corrected chi connectivity index (χ4v) is 2.05. The quantitative estimate of drug-likeness (QED) is 0.684. The molecule has 1 aliphatic carbocycles. The van der Waals surface area contributed by atoms with Crippen molar-refractivity contribution in [1.29, 1.82) is 0 Å². The van der Waals surface area contributed by atoms with Gasteiger partial charge in [0.1, 0.15) is 0 Å².